The molecule has 2 saturated heterocycles. The molecule has 3 fully saturated rings. The lowest BCUT2D eigenvalue weighted by atomic mass is 9.70. The normalized spacial score (nSPS) is 22.6. The van der Waals surface area contributed by atoms with E-state index in [0.29, 0.717) is 45.9 Å². The second-order valence-electron chi connectivity index (χ2n) is 14.2. The maximum atomic E-state index is 14.1. The first kappa shape index (κ1) is 31.9. The van der Waals surface area contributed by atoms with E-state index in [-0.39, 0.29) is 40.4 Å². The summed E-state index contributed by atoms with van der Waals surface area (Å²) in [7, 11) is 1.57. The second-order valence-corrected chi connectivity index (χ2v) is 14.2. The summed E-state index contributed by atoms with van der Waals surface area (Å²) < 4.78 is 8.00. The number of hydrogen-bond acceptors (Lipinski definition) is 6. The van der Waals surface area contributed by atoms with Crippen molar-refractivity contribution in [3.8, 4) is 0 Å². The maximum Gasteiger partial charge on any atom is 0.245 e. The Balaban J connectivity index is 1.15. The van der Waals surface area contributed by atoms with Crippen LogP contribution in [-0.4, -0.2) is 82.7 Å². The van der Waals surface area contributed by atoms with Crippen LogP contribution in [0.25, 0.3) is 0 Å². The fraction of sp³-hybridized carbons (Fsp3) is 0.500. The first-order valence-electron chi connectivity index (χ1n) is 16.3. The Morgan fingerprint density at radius 2 is 1.59 bits per heavy atom. The topological polar surface area (TPSA) is 109 Å². The van der Waals surface area contributed by atoms with Gasteiger partial charge in [0.2, 0.25) is 17.7 Å². The van der Waals surface area contributed by atoms with E-state index >= 15 is 0 Å². The number of ether oxygens (including phenoxy) is 1. The SMILES string of the molecule is CNC(=O)[C@@H](NC(=O)[C@H]1CN(Cc2cnn(Cc3ccccc3)c2)CC12CN(C(=O)[C@H]1CC1(C)C)C2)[C@@H](C)OCc1ccccc1. The number of nitrogens with zero attached hydrogens (tertiary/aromatic N) is 4. The predicted molar refractivity (Wildman–Crippen MR) is 174 cm³/mol. The number of carbonyl (C=O) groups excluding carboxylic acids is 3. The van der Waals surface area contributed by atoms with E-state index in [1.54, 1.807) is 7.05 Å². The Labute approximate surface area is 271 Å². The van der Waals surface area contributed by atoms with Crippen molar-refractivity contribution in [1.82, 2.24) is 30.2 Å². The number of rotatable bonds is 12. The molecular weight excluding hydrogens is 580 g/mol. The summed E-state index contributed by atoms with van der Waals surface area (Å²) in [5.74, 6) is -0.599. The molecule has 0 unspecified atom stereocenters. The molecule has 1 aromatic heterocycles. The Kier molecular flexibility index (Phi) is 9.03. The van der Waals surface area contributed by atoms with Crippen molar-refractivity contribution >= 4 is 17.7 Å². The van der Waals surface area contributed by atoms with Gasteiger partial charge >= 0.3 is 0 Å². The molecule has 6 rings (SSSR count). The van der Waals surface area contributed by atoms with Crippen LogP contribution in [0.1, 0.15) is 43.9 Å². The molecule has 0 radical (unpaired) electrons. The fourth-order valence-corrected chi connectivity index (χ4v) is 7.16. The molecule has 3 aromatic rings. The lowest BCUT2D eigenvalue weighted by Gasteiger charge is -2.51. The van der Waals surface area contributed by atoms with E-state index in [2.05, 4.69) is 52.8 Å². The average molecular weight is 627 g/mol. The Hall–Kier alpha value is -4.02. The number of benzene rings is 2. The summed E-state index contributed by atoms with van der Waals surface area (Å²) in [5.41, 5.74) is 2.92. The van der Waals surface area contributed by atoms with Crippen molar-refractivity contribution < 1.29 is 19.1 Å². The van der Waals surface area contributed by atoms with E-state index in [1.807, 2.05) is 71.2 Å². The van der Waals surface area contributed by atoms with Crippen LogP contribution in [0.2, 0.25) is 0 Å². The smallest absolute Gasteiger partial charge is 0.245 e. The molecule has 244 valence electrons. The lowest BCUT2D eigenvalue weighted by Crippen LogP contribution is -2.65. The van der Waals surface area contributed by atoms with Crippen LogP contribution in [0.4, 0.5) is 0 Å². The molecule has 3 amide bonds. The first-order chi connectivity index (χ1) is 22.1. The number of carbonyl (C=O) groups is 3. The van der Waals surface area contributed by atoms with Gasteiger partial charge < -0.3 is 20.3 Å². The minimum atomic E-state index is -0.853. The Bertz CT molecular complexity index is 1530. The second kappa shape index (κ2) is 13.0. The van der Waals surface area contributed by atoms with E-state index in [4.69, 9.17) is 4.74 Å². The molecule has 3 aliphatic rings. The third-order valence-electron chi connectivity index (χ3n) is 10.1. The minimum Gasteiger partial charge on any atom is -0.371 e. The number of likely N-dealkylation sites (N-methyl/N-ethyl adjacent to an activating group) is 1. The number of hydrogen-bond donors (Lipinski definition) is 2. The Morgan fingerprint density at radius 1 is 0.935 bits per heavy atom. The molecule has 10 heteroatoms. The van der Waals surface area contributed by atoms with Gasteiger partial charge in [-0.1, -0.05) is 74.5 Å². The number of likely N-dealkylation sites (tertiary alicyclic amines) is 2. The van der Waals surface area contributed by atoms with Crippen LogP contribution in [-0.2, 0) is 38.8 Å². The summed E-state index contributed by atoms with van der Waals surface area (Å²) in [4.78, 5) is 44.6. The molecule has 0 bridgehead atoms. The summed E-state index contributed by atoms with van der Waals surface area (Å²) in [6.45, 7) is 10.1. The van der Waals surface area contributed by atoms with Gasteiger partial charge in [0.15, 0.2) is 0 Å². The number of nitrogens with one attached hydrogen (secondary N) is 2. The predicted octanol–water partition coefficient (Wildman–Crippen LogP) is 3.07. The zero-order valence-corrected chi connectivity index (χ0v) is 27.3. The molecule has 1 spiro atoms. The van der Waals surface area contributed by atoms with Gasteiger partial charge in [0.1, 0.15) is 6.04 Å². The van der Waals surface area contributed by atoms with Crippen LogP contribution >= 0.6 is 0 Å². The number of amides is 3. The molecule has 2 N–H and O–H groups in total. The van der Waals surface area contributed by atoms with Gasteiger partial charge in [-0.05, 0) is 29.9 Å². The molecular formula is C36H46N6O4. The van der Waals surface area contributed by atoms with Gasteiger partial charge in [-0.15, -0.1) is 0 Å². The molecule has 2 aliphatic heterocycles. The quantitative estimate of drug-likeness (QED) is 0.320. The van der Waals surface area contributed by atoms with Crippen molar-refractivity contribution in [2.45, 2.75) is 59.0 Å². The highest BCUT2D eigenvalue weighted by Gasteiger charge is 2.61. The highest BCUT2D eigenvalue weighted by molar-refractivity contribution is 5.90. The van der Waals surface area contributed by atoms with Crippen molar-refractivity contribution in [3.05, 3.63) is 89.7 Å². The van der Waals surface area contributed by atoms with Crippen molar-refractivity contribution in [2.75, 3.05) is 33.2 Å². The highest BCUT2D eigenvalue weighted by atomic mass is 16.5. The zero-order chi connectivity index (χ0) is 32.5. The Morgan fingerprint density at radius 3 is 2.22 bits per heavy atom. The van der Waals surface area contributed by atoms with Gasteiger partial charge in [0.05, 0.1) is 31.4 Å². The van der Waals surface area contributed by atoms with Gasteiger partial charge in [-0.25, -0.2) is 0 Å². The van der Waals surface area contributed by atoms with Crippen molar-refractivity contribution in [1.29, 1.82) is 0 Å². The monoisotopic (exact) mass is 626 g/mol. The average Bonchev–Trinajstić information content (AvgIpc) is 3.31. The molecule has 2 aromatic carbocycles. The number of aromatic nitrogens is 2. The zero-order valence-electron chi connectivity index (χ0n) is 27.3. The molecule has 4 atom stereocenters. The molecule has 1 saturated carbocycles. The van der Waals surface area contributed by atoms with Gasteiger partial charge in [0, 0.05) is 62.9 Å². The van der Waals surface area contributed by atoms with E-state index in [1.165, 1.54) is 5.56 Å². The van der Waals surface area contributed by atoms with Crippen LogP contribution < -0.4 is 10.6 Å². The van der Waals surface area contributed by atoms with E-state index in [9.17, 15) is 14.4 Å². The van der Waals surface area contributed by atoms with E-state index in [0.717, 1.165) is 17.5 Å². The van der Waals surface area contributed by atoms with Crippen molar-refractivity contribution in [2.24, 2.45) is 22.7 Å². The summed E-state index contributed by atoms with van der Waals surface area (Å²) >= 11 is 0. The fourth-order valence-electron chi connectivity index (χ4n) is 7.16. The summed E-state index contributed by atoms with van der Waals surface area (Å²) in [5, 5.41) is 10.3. The summed E-state index contributed by atoms with van der Waals surface area (Å²) in [6.07, 6.45) is 4.31. The minimum absolute atomic E-state index is 0.0505. The molecule has 1 aliphatic carbocycles. The third-order valence-corrected chi connectivity index (χ3v) is 10.1. The summed E-state index contributed by atoms with van der Waals surface area (Å²) in [6, 6.07) is 19.1. The van der Waals surface area contributed by atoms with Crippen LogP contribution in [0.3, 0.4) is 0 Å². The standard InChI is InChI=1S/C36H46N6O4/c1-25(46-21-27-13-9-6-10-14-27)31(33(44)37-4)39-32(43)30-20-40(17-28-16-38-42(19-28)18-26-11-7-5-8-12-26)22-36(30)23-41(24-36)34(45)29-15-35(29,2)3/h5-14,16,19,25,29-31H,15,17-18,20-24H2,1-4H3,(H,37,44)(H,39,43)/t25-,29-,30-,31+/m1/s1. The maximum absolute atomic E-state index is 14.1. The van der Waals surface area contributed by atoms with Crippen LogP contribution in [0, 0.1) is 22.7 Å². The van der Waals surface area contributed by atoms with Gasteiger partial charge in [0.25, 0.3) is 0 Å². The van der Waals surface area contributed by atoms with Gasteiger partial charge in [-0.2, -0.15) is 5.10 Å². The third kappa shape index (κ3) is 6.88. The lowest BCUT2D eigenvalue weighted by molar-refractivity contribution is -0.152. The molecule has 3 heterocycles. The molecule has 10 nitrogen and oxygen atoms in total. The van der Waals surface area contributed by atoms with E-state index < -0.39 is 12.1 Å². The largest absolute Gasteiger partial charge is 0.371 e. The molecule has 46 heavy (non-hydrogen) atoms. The first-order valence-corrected chi connectivity index (χ1v) is 16.3. The highest BCUT2D eigenvalue weighted by Crippen LogP contribution is 2.54. The van der Waals surface area contributed by atoms with Crippen molar-refractivity contribution in [3.63, 3.8) is 0 Å². The van der Waals surface area contributed by atoms with Crippen LogP contribution in [0.5, 0.6) is 0 Å². The van der Waals surface area contributed by atoms with Gasteiger partial charge in [-0.3, -0.25) is 24.0 Å². The van der Waals surface area contributed by atoms with Crippen LogP contribution in [0.15, 0.2) is 73.1 Å².